The second-order valence-electron chi connectivity index (χ2n) is 5.18. The molecule has 0 N–H and O–H groups in total. The fourth-order valence-corrected chi connectivity index (χ4v) is 3.79. The van der Waals surface area contributed by atoms with E-state index in [9.17, 15) is 0 Å². The van der Waals surface area contributed by atoms with Crippen molar-refractivity contribution in [3.63, 3.8) is 0 Å². The van der Waals surface area contributed by atoms with Crippen LogP contribution in [-0.2, 0) is 0 Å². The molecule has 1 nitrogen and oxygen atoms in total. The summed E-state index contributed by atoms with van der Waals surface area (Å²) in [7, 11) is 0. The highest BCUT2D eigenvalue weighted by Crippen LogP contribution is 2.49. The Morgan fingerprint density at radius 1 is 1.14 bits per heavy atom. The molecule has 0 saturated carbocycles. The molecule has 1 saturated heterocycles. The van der Waals surface area contributed by atoms with Crippen molar-refractivity contribution in [1.82, 2.24) is 4.90 Å². The third kappa shape index (κ3) is 0.993. The maximum atomic E-state index is 2.73. The van der Waals surface area contributed by atoms with Gasteiger partial charge in [0.2, 0.25) is 0 Å². The van der Waals surface area contributed by atoms with E-state index < -0.39 is 0 Å². The monoisotopic (exact) mass is 189 g/mol. The molecule has 3 rings (SSSR count). The van der Waals surface area contributed by atoms with Crippen LogP contribution in [0.2, 0.25) is 0 Å². The molecule has 0 amide bonds. The van der Waals surface area contributed by atoms with Crippen molar-refractivity contribution in [3.8, 4) is 0 Å². The molecule has 2 unspecified atom stereocenters. The summed E-state index contributed by atoms with van der Waals surface area (Å²) in [4.78, 5) is 2.73. The maximum Gasteiger partial charge on any atom is 0.0315 e. The van der Waals surface area contributed by atoms with Gasteiger partial charge >= 0.3 is 0 Å². The highest BCUT2D eigenvalue weighted by atomic mass is 15.2. The van der Waals surface area contributed by atoms with Crippen LogP contribution in [0.3, 0.4) is 0 Å². The highest BCUT2D eigenvalue weighted by Gasteiger charge is 2.51. The fourth-order valence-electron chi connectivity index (χ4n) is 3.79. The van der Waals surface area contributed by atoms with Crippen LogP contribution in [0.1, 0.15) is 26.2 Å². The molecule has 1 fully saturated rings. The van der Waals surface area contributed by atoms with Crippen molar-refractivity contribution in [2.75, 3.05) is 13.1 Å². The molecule has 2 aliphatic heterocycles. The van der Waals surface area contributed by atoms with Crippen LogP contribution in [0, 0.1) is 11.8 Å². The van der Waals surface area contributed by atoms with E-state index in [2.05, 4.69) is 36.1 Å². The van der Waals surface area contributed by atoms with Gasteiger partial charge in [-0.3, -0.25) is 4.90 Å². The van der Waals surface area contributed by atoms with Crippen LogP contribution < -0.4 is 0 Å². The minimum absolute atomic E-state index is 0.517. The predicted molar refractivity (Wildman–Crippen MR) is 59.1 cm³/mol. The minimum atomic E-state index is 0.517. The van der Waals surface area contributed by atoms with Crippen LogP contribution in [0.15, 0.2) is 24.3 Å². The molecule has 1 aliphatic carbocycles. The fraction of sp³-hybridized carbons (Fsp3) is 0.692. The van der Waals surface area contributed by atoms with E-state index in [0.29, 0.717) is 5.54 Å². The summed E-state index contributed by atoms with van der Waals surface area (Å²) in [6.07, 6.45) is 13.4. The smallest absolute Gasteiger partial charge is 0.0315 e. The molecule has 14 heavy (non-hydrogen) atoms. The van der Waals surface area contributed by atoms with Crippen molar-refractivity contribution in [1.29, 1.82) is 0 Å². The largest absolute Gasteiger partial charge is 0.293 e. The molecular weight excluding hydrogens is 170 g/mol. The molecule has 0 aromatic rings. The summed E-state index contributed by atoms with van der Waals surface area (Å²) in [5.41, 5.74) is 0.517. The van der Waals surface area contributed by atoms with Crippen molar-refractivity contribution >= 4 is 0 Å². The number of hydrogen-bond donors (Lipinski definition) is 0. The van der Waals surface area contributed by atoms with Crippen LogP contribution in [0.5, 0.6) is 0 Å². The molecule has 1 spiro atoms. The van der Waals surface area contributed by atoms with E-state index in [1.807, 2.05) is 0 Å². The van der Waals surface area contributed by atoms with Gasteiger partial charge in [0.25, 0.3) is 0 Å². The number of allylic oxidation sites excluding steroid dienone is 1. The average molecular weight is 189 g/mol. The summed E-state index contributed by atoms with van der Waals surface area (Å²) in [5.74, 6) is 1.80. The van der Waals surface area contributed by atoms with Gasteiger partial charge in [-0.05, 0) is 31.1 Å². The van der Waals surface area contributed by atoms with Crippen LogP contribution >= 0.6 is 0 Å². The Morgan fingerprint density at radius 3 is 2.79 bits per heavy atom. The lowest BCUT2D eigenvalue weighted by atomic mass is 9.71. The zero-order chi connectivity index (χ0) is 9.60. The van der Waals surface area contributed by atoms with Crippen LogP contribution in [0.25, 0.3) is 0 Å². The molecule has 1 heteroatoms. The molecule has 0 aromatic carbocycles. The molecule has 0 aromatic heterocycles. The van der Waals surface area contributed by atoms with Gasteiger partial charge < -0.3 is 0 Å². The first kappa shape index (κ1) is 8.72. The molecule has 0 radical (unpaired) electrons. The standard InChI is InChI=1S/C13H19N/c1-11-10-14-9-5-4-8-13(14)7-3-2-6-12(11)13/h2-5,11-12H,6-10H2,1H3/t11-,12?,13?/m0/s1. The van der Waals surface area contributed by atoms with Gasteiger partial charge in [-0.1, -0.05) is 31.2 Å². The van der Waals surface area contributed by atoms with Gasteiger partial charge in [0.05, 0.1) is 0 Å². The maximum absolute atomic E-state index is 2.73. The van der Waals surface area contributed by atoms with Gasteiger partial charge in [0, 0.05) is 18.6 Å². The lowest BCUT2D eigenvalue weighted by Crippen LogP contribution is -2.50. The first-order chi connectivity index (χ1) is 6.83. The van der Waals surface area contributed by atoms with Crippen molar-refractivity contribution < 1.29 is 0 Å². The third-order valence-corrected chi connectivity index (χ3v) is 4.51. The van der Waals surface area contributed by atoms with Gasteiger partial charge in [0.15, 0.2) is 0 Å². The predicted octanol–water partition coefficient (Wildman–Crippen LogP) is 2.60. The SMILES string of the molecule is C[C@H]1CN2CC=CCC23CC=CCC13. The molecule has 3 atom stereocenters. The molecule has 0 bridgehead atoms. The van der Waals surface area contributed by atoms with Gasteiger partial charge in [0.1, 0.15) is 0 Å². The van der Waals surface area contributed by atoms with Gasteiger partial charge in [-0.25, -0.2) is 0 Å². The highest BCUT2D eigenvalue weighted by molar-refractivity contribution is 5.18. The quantitative estimate of drug-likeness (QED) is 0.529. The zero-order valence-corrected chi connectivity index (χ0v) is 8.95. The van der Waals surface area contributed by atoms with E-state index in [4.69, 9.17) is 0 Å². The summed E-state index contributed by atoms with van der Waals surface area (Å²) >= 11 is 0. The van der Waals surface area contributed by atoms with Crippen LogP contribution in [-0.4, -0.2) is 23.5 Å². The topological polar surface area (TPSA) is 3.24 Å². The number of hydrogen-bond acceptors (Lipinski definition) is 1. The second-order valence-corrected chi connectivity index (χ2v) is 5.18. The van der Waals surface area contributed by atoms with Crippen molar-refractivity contribution in [2.24, 2.45) is 11.8 Å². The Bertz CT molecular complexity index is 288. The Kier molecular flexibility index (Phi) is 1.85. The summed E-state index contributed by atoms with van der Waals surface area (Å²) in [6, 6.07) is 0. The molecule has 3 aliphatic rings. The molecule has 76 valence electrons. The van der Waals surface area contributed by atoms with E-state index in [0.717, 1.165) is 11.8 Å². The summed E-state index contributed by atoms with van der Waals surface area (Å²) < 4.78 is 0. The molecule has 2 heterocycles. The average Bonchev–Trinajstić information content (AvgIpc) is 2.51. The summed E-state index contributed by atoms with van der Waals surface area (Å²) in [5, 5.41) is 0. The Morgan fingerprint density at radius 2 is 1.93 bits per heavy atom. The lowest BCUT2D eigenvalue weighted by Gasteiger charge is -2.45. The van der Waals surface area contributed by atoms with E-state index >= 15 is 0 Å². The first-order valence-electron chi connectivity index (χ1n) is 5.88. The van der Waals surface area contributed by atoms with E-state index in [1.54, 1.807) is 0 Å². The van der Waals surface area contributed by atoms with Gasteiger partial charge in [-0.15, -0.1) is 0 Å². The molecular formula is C13H19N. The Hall–Kier alpha value is -0.560. The normalized spacial score (nSPS) is 46.4. The number of rotatable bonds is 0. The second kappa shape index (κ2) is 2.96. The van der Waals surface area contributed by atoms with Gasteiger partial charge in [-0.2, -0.15) is 0 Å². The van der Waals surface area contributed by atoms with E-state index in [1.165, 1.54) is 32.4 Å². The van der Waals surface area contributed by atoms with Crippen molar-refractivity contribution in [3.05, 3.63) is 24.3 Å². The Balaban J connectivity index is 2.00. The lowest BCUT2D eigenvalue weighted by molar-refractivity contribution is 0.102. The van der Waals surface area contributed by atoms with Crippen LogP contribution in [0.4, 0.5) is 0 Å². The summed E-state index contributed by atoms with van der Waals surface area (Å²) in [6.45, 7) is 4.94. The first-order valence-corrected chi connectivity index (χ1v) is 5.88. The van der Waals surface area contributed by atoms with Crippen molar-refractivity contribution in [2.45, 2.75) is 31.7 Å². The third-order valence-electron chi connectivity index (χ3n) is 4.51. The zero-order valence-electron chi connectivity index (χ0n) is 8.95. The Labute approximate surface area is 86.5 Å². The van der Waals surface area contributed by atoms with E-state index in [-0.39, 0.29) is 0 Å². The number of nitrogens with zero attached hydrogens (tertiary/aromatic N) is 1. The minimum Gasteiger partial charge on any atom is -0.293 e.